The van der Waals surface area contributed by atoms with Gasteiger partial charge in [-0.25, -0.2) is 9.38 Å². The summed E-state index contributed by atoms with van der Waals surface area (Å²) in [6.07, 6.45) is 1.07. The van der Waals surface area contributed by atoms with Gasteiger partial charge in [-0.15, -0.1) is 0 Å². The molecule has 6 heteroatoms. The Hall–Kier alpha value is -2.13. The molecule has 0 saturated carbocycles. The smallest absolute Gasteiger partial charge is 0.194 e. The number of likely N-dealkylation sites (tertiary alicyclic amines) is 1. The number of aliphatic imine (C=N–C) groups is 1. The van der Waals surface area contributed by atoms with Crippen molar-refractivity contribution in [3.63, 3.8) is 0 Å². The summed E-state index contributed by atoms with van der Waals surface area (Å²) in [6, 6.07) is 6.39. The SMILES string of the molecule is CCNC(=NCc1cc(C#N)ccc1F)N1CCC(COCC)C1. The first-order chi connectivity index (χ1) is 11.7. The van der Waals surface area contributed by atoms with Crippen molar-refractivity contribution in [1.29, 1.82) is 5.26 Å². The minimum absolute atomic E-state index is 0.219. The van der Waals surface area contributed by atoms with Crippen LogP contribution in [0, 0.1) is 23.1 Å². The van der Waals surface area contributed by atoms with E-state index in [9.17, 15) is 4.39 Å². The lowest BCUT2D eigenvalue weighted by molar-refractivity contribution is 0.114. The lowest BCUT2D eigenvalue weighted by Crippen LogP contribution is -2.40. The summed E-state index contributed by atoms with van der Waals surface area (Å²) in [5.74, 6) is 0.968. The second kappa shape index (κ2) is 9.24. The molecule has 1 saturated heterocycles. The van der Waals surface area contributed by atoms with Gasteiger partial charge in [0.05, 0.1) is 24.8 Å². The first kappa shape index (κ1) is 18.2. The molecule has 1 aliphatic rings. The normalized spacial score (nSPS) is 17.8. The number of nitriles is 1. The van der Waals surface area contributed by atoms with Crippen LogP contribution in [0.1, 0.15) is 31.4 Å². The molecule has 0 aromatic heterocycles. The van der Waals surface area contributed by atoms with E-state index in [0.29, 0.717) is 17.0 Å². The van der Waals surface area contributed by atoms with Crippen LogP contribution in [0.25, 0.3) is 0 Å². The maximum Gasteiger partial charge on any atom is 0.194 e. The molecule has 1 atom stereocenters. The van der Waals surface area contributed by atoms with Crippen molar-refractivity contribution in [2.75, 3.05) is 32.8 Å². The van der Waals surface area contributed by atoms with E-state index >= 15 is 0 Å². The quantitative estimate of drug-likeness (QED) is 0.642. The highest BCUT2D eigenvalue weighted by Gasteiger charge is 2.24. The molecule has 1 aliphatic heterocycles. The third kappa shape index (κ3) is 4.93. The molecule has 0 radical (unpaired) electrons. The lowest BCUT2D eigenvalue weighted by atomic mass is 10.1. The summed E-state index contributed by atoms with van der Waals surface area (Å²) < 4.78 is 19.4. The molecular formula is C18H25FN4O. The van der Waals surface area contributed by atoms with Crippen molar-refractivity contribution < 1.29 is 9.13 Å². The molecule has 0 bridgehead atoms. The van der Waals surface area contributed by atoms with Crippen LogP contribution in [0.15, 0.2) is 23.2 Å². The predicted molar refractivity (Wildman–Crippen MR) is 92.1 cm³/mol. The third-order valence-electron chi connectivity index (χ3n) is 4.05. The predicted octanol–water partition coefficient (Wildman–Crippen LogP) is 2.52. The zero-order valence-electron chi connectivity index (χ0n) is 14.4. The van der Waals surface area contributed by atoms with Gasteiger partial charge in [-0.1, -0.05) is 0 Å². The van der Waals surface area contributed by atoms with Crippen LogP contribution >= 0.6 is 0 Å². The number of benzene rings is 1. The van der Waals surface area contributed by atoms with E-state index < -0.39 is 0 Å². The van der Waals surface area contributed by atoms with E-state index in [0.717, 1.165) is 45.2 Å². The number of rotatable bonds is 6. The van der Waals surface area contributed by atoms with E-state index in [-0.39, 0.29) is 12.4 Å². The van der Waals surface area contributed by atoms with Gasteiger partial charge in [0.25, 0.3) is 0 Å². The zero-order valence-corrected chi connectivity index (χ0v) is 14.4. The molecule has 0 amide bonds. The molecule has 5 nitrogen and oxygen atoms in total. The maximum absolute atomic E-state index is 13.9. The molecular weight excluding hydrogens is 307 g/mol. The van der Waals surface area contributed by atoms with Crippen LogP contribution in [-0.2, 0) is 11.3 Å². The second-order valence-corrected chi connectivity index (χ2v) is 5.85. The van der Waals surface area contributed by atoms with Gasteiger partial charge in [0.1, 0.15) is 5.82 Å². The number of nitrogens with one attached hydrogen (secondary N) is 1. The van der Waals surface area contributed by atoms with Crippen molar-refractivity contribution in [2.24, 2.45) is 10.9 Å². The van der Waals surface area contributed by atoms with Gasteiger partial charge >= 0.3 is 0 Å². The molecule has 1 heterocycles. The molecule has 1 N–H and O–H groups in total. The Balaban J connectivity index is 2.05. The monoisotopic (exact) mass is 332 g/mol. The van der Waals surface area contributed by atoms with Crippen LogP contribution in [0.2, 0.25) is 0 Å². The molecule has 1 aromatic carbocycles. The van der Waals surface area contributed by atoms with Crippen molar-refractivity contribution in [3.05, 3.63) is 35.1 Å². The topological polar surface area (TPSA) is 60.7 Å². The standard InChI is InChI=1S/C18H25FN4O/c1-3-21-18(23-8-7-15(12-23)13-24-4-2)22-11-16-9-14(10-20)5-6-17(16)19/h5-6,9,15H,3-4,7-8,11-13H2,1-2H3,(H,21,22). The minimum Gasteiger partial charge on any atom is -0.381 e. The van der Waals surface area contributed by atoms with Gasteiger partial charge in [-0.2, -0.15) is 5.26 Å². The fourth-order valence-corrected chi connectivity index (χ4v) is 2.80. The fraction of sp³-hybridized carbons (Fsp3) is 0.556. The zero-order chi connectivity index (χ0) is 17.4. The average molecular weight is 332 g/mol. The summed E-state index contributed by atoms with van der Waals surface area (Å²) in [4.78, 5) is 6.75. The molecule has 130 valence electrons. The Labute approximate surface area is 143 Å². The Bertz CT molecular complexity index is 612. The highest BCUT2D eigenvalue weighted by Crippen LogP contribution is 2.17. The summed E-state index contributed by atoms with van der Waals surface area (Å²) >= 11 is 0. The van der Waals surface area contributed by atoms with Crippen molar-refractivity contribution in [1.82, 2.24) is 10.2 Å². The summed E-state index contributed by atoms with van der Waals surface area (Å²) in [5, 5.41) is 12.2. The molecule has 1 aromatic rings. The van der Waals surface area contributed by atoms with Crippen molar-refractivity contribution in [3.8, 4) is 6.07 Å². The van der Waals surface area contributed by atoms with Gasteiger partial charge < -0.3 is 15.0 Å². The lowest BCUT2D eigenvalue weighted by Gasteiger charge is -2.21. The second-order valence-electron chi connectivity index (χ2n) is 5.85. The van der Waals surface area contributed by atoms with Gasteiger partial charge in [-0.05, 0) is 38.5 Å². The van der Waals surface area contributed by atoms with Crippen LogP contribution in [0.3, 0.4) is 0 Å². The van der Waals surface area contributed by atoms with Gasteiger partial charge in [0, 0.05) is 37.7 Å². The summed E-state index contributed by atoms with van der Waals surface area (Å²) in [6.45, 7) is 8.31. The third-order valence-corrected chi connectivity index (χ3v) is 4.05. The Morgan fingerprint density at radius 2 is 2.33 bits per heavy atom. The number of nitrogens with zero attached hydrogens (tertiary/aromatic N) is 3. The van der Waals surface area contributed by atoms with Crippen LogP contribution < -0.4 is 5.32 Å². The number of halogens is 1. The first-order valence-electron chi connectivity index (χ1n) is 8.47. The highest BCUT2D eigenvalue weighted by molar-refractivity contribution is 5.80. The highest BCUT2D eigenvalue weighted by atomic mass is 19.1. The van der Waals surface area contributed by atoms with Crippen molar-refractivity contribution in [2.45, 2.75) is 26.8 Å². The number of hydrogen-bond donors (Lipinski definition) is 1. The van der Waals surface area contributed by atoms with E-state index in [1.54, 1.807) is 6.07 Å². The van der Waals surface area contributed by atoms with Crippen molar-refractivity contribution >= 4 is 5.96 Å². The molecule has 1 fully saturated rings. The number of hydrogen-bond acceptors (Lipinski definition) is 3. The minimum atomic E-state index is -0.329. The molecule has 0 spiro atoms. The van der Waals surface area contributed by atoms with Crippen LogP contribution in [-0.4, -0.2) is 43.7 Å². The first-order valence-corrected chi connectivity index (χ1v) is 8.47. The summed E-state index contributed by atoms with van der Waals surface area (Å²) in [7, 11) is 0. The maximum atomic E-state index is 13.9. The largest absolute Gasteiger partial charge is 0.381 e. The number of ether oxygens (including phenoxy) is 1. The Morgan fingerprint density at radius 3 is 3.04 bits per heavy atom. The average Bonchev–Trinajstić information content (AvgIpc) is 3.06. The van der Waals surface area contributed by atoms with E-state index in [2.05, 4.69) is 15.2 Å². The van der Waals surface area contributed by atoms with Gasteiger partial charge in [0.2, 0.25) is 0 Å². The molecule has 1 unspecified atom stereocenters. The van der Waals surface area contributed by atoms with E-state index in [4.69, 9.17) is 10.00 Å². The number of guanidine groups is 1. The Kier molecular flexibility index (Phi) is 7.01. The summed E-state index contributed by atoms with van der Waals surface area (Å²) in [5.41, 5.74) is 0.888. The molecule has 0 aliphatic carbocycles. The Morgan fingerprint density at radius 1 is 1.50 bits per heavy atom. The van der Waals surface area contributed by atoms with Crippen LogP contribution in [0.5, 0.6) is 0 Å². The molecule has 24 heavy (non-hydrogen) atoms. The van der Waals surface area contributed by atoms with E-state index in [1.807, 2.05) is 19.9 Å². The van der Waals surface area contributed by atoms with Crippen LogP contribution in [0.4, 0.5) is 4.39 Å². The molecule has 2 rings (SSSR count). The van der Waals surface area contributed by atoms with Gasteiger partial charge in [0.15, 0.2) is 5.96 Å². The van der Waals surface area contributed by atoms with Gasteiger partial charge in [-0.3, -0.25) is 0 Å². The fourth-order valence-electron chi connectivity index (χ4n) is 2.80. The van der Waals surface area contributed by atoms with E-state index in [1.165, 1.54) is 12.1 Å².